The molecule has 1 aliphatic heterocycles. The van der Waals surface area contributed by atoms with Crippen molar-refractivity contribution in [3.63, 3.8) is 0 Å². The number of amides is 1. The van der Waals surface area contributed by atoms with Crippen molar-refractivity contribution in [1.82, 2.24) is 19.7 Å². The molecule has 1 saturated heterocycles. The Hall–Kier alpha value is -2.22. The molecule has 1 amide bonds. The van der Waals surface area contributed by atoms with E-state index < -0.39 is 5.97 Å². The molecule has 3 heterocycles. The van der Waals surface area contributed by atoms with E-state index in [1.54, 1.807) is 22.0 Å². The lowest BCUT2D eigenvalue weighted by molar-refractivity contribution is -0.137. The SMILES string of the molecule is O=C(O)Cn1ccc([C@H]2CCCN(C(=O)c3cscn3)C2)n1. The summed E-state index contributed by atoms with van der Waals surface area (Å²) in [6.45, 7) is 1.18. The number of aromatic nitrogens is 3. The molecule has 0 saturated carbocycles. The lowest BCUT2D eigenvalue weighted by Gasteiger charge is -2.31. The minimum Gasteiger partial charge on any atom is -0.480 e. The predicted molar refractivity (Wildman–Crippen MR) is 79.9 cm³/mol. The second-order valence-corrected chi connectivity index (χ2v) is 6.01. The highest BCUT2D eigenvalue weighted by Crippen LogP contribution is 2.26. The number of piperidine rings is 1. The van der Waals surface area contributed by atoms with Crippen molar-refractivity contribution in [3.05, 3.63) is 34.5 Å². The Balaban J connectivity index is 1.69. The van der Waals surface area contributed by atoms with Gasteiger partial charge in [0.2, 0.25) is 0 Å². The van der Waals surface area contributed by atoms with Crippen LogP contribution in [0.5, 0.6) is 0 Å². The van der Waals surface area contributed by atoms with Crippen LogP contribution in [-0.2, 0) is 11.3 Å². The van der Waals surface area contributed by atoms with E-state index in [2.05, 4.69) is 10.1 Å². The number of nitrogens with zero attached hydrogens (tertiary/aromatic N) is 4. The Morgan fingerprint density at radius 2 is 2.32 bits per heavy atom. The standard InChI is InChI=1S/C14H16N4O3S/c19-13(20)7-18-5-3-11(16-18)10-2-1-4-17(6-10)14(21)12-8-22-9-15-12/h3,5,8-10H,1-2,4,6-7H2,(H,19,20)/t10-/m0/s1. The maximum Gasteiger partial charge on any atom is 0.325 e. The van der Waals surface area contributed by atoms with Gasteiger partial charge in [0.15, 0.2) is 0 Å². The Morgan fingerprint density at radius 3 is 3.05 bits per heavy atom. The molecule has 8 heteroatoms. The van der Waals surface area contributed by atoms with Crippen LogP contribution in [0.3, 0.4) is 0 Å². The van der Waals surface area contributed by atoms with Gasteiger partial charge in [0.25, 0.3) is 5.91 Å². The molecule has 0 radical (unpaired) electrons. The zero-order chi connectivity index (χ0) is 15.5. The summed E-state index contributed by atoms with van der Waals surface area (Å²) in [5.41, 5.74) is 2.99. The molecule has 2 aromatic rings. The summed E-state index contributed by atoms with van der Waals surface area (Å²) in [4.78, 5) is 28.9. The highest BCUT2D eigenvalue weighted by Gasteiger charge is 2.27. The van der Waals surface area contributed by atoms with Crippen molar-refractivity contribution in [3.8, 4) is 0 Å². The smallest absolute Gasteiger partial charge is 0.325 e. The van der Waals surface area contributed by atoms with Gasteiger partial charge in [0, 0.05) is 30.6 Å². The van der Waals surface area contributed by atoms with Crippen LogP contribution in [0.1, 0.15) is 34.9 Å². The van der Waals surface area contributed by atoms with Crippen LogP contribution in [-0.4, -0.2) is 49.7 Å². The van der Waals surface area contributed by atoms with Crippen molar-refractivity contribution in [1.29, 1.82) is 0 Å². The second kappa shape index (κ2) is 6.27. The first kappa shape index (κ1) is 14.7. The van der Waals surface area contributed by atoms with Crippen molar-refractivity contribution in [2.75, 3.05) is 13.1 Å². The number of carboxylic acids is 1. The Bertz CT molecular complexity index is 667. The largest absolute Gasteiger partial charge is 0.480 e. The highest BCUT2D eigenvalue weighted by molar-refractivity contribution is 7.07. The summed E-state index contributed by atoms with van der Waals surface area (Å²) in [6, 6.07) is 1.84. The molecule has 0 spiro atoms. The molecule has 0 unspecified atom stereocenters. The summed E-state index contributed by atoms with van der Waals surface area (Å²) in [7, 11) is 0. The predicted octanol–water partition coefficient (Wildman–Crippen LogP) is 1.44. The van der Waals surface area contributed by atoms with Gasteiger partial charge >= 0.3 is 5.97 Å². The van der Waals surface area contributed by atoms with Crippen LogP contribution in [0.25, 0.3) is 0 Å². The highest BCUT2D eigenvalue weighted by atomic mass is 32.1. The van der Waals surface area contributed by atoms with Crippen LogP contribution < -0.4 is 0 Å². The third-order valence-electron chi connectivity index (χ3n) is 3.74. The van der Waals surface area contributed by atoms with Crippen LogP contribution in [0.2, 0.25) is 0 Å². The van der Waals surface area contributed by atoms with Gasteiger partial charge in [-0.2, -0.15) is 5.10 Å². The van der Waals surface area contributed by atoms with Crippen molar-refractivity contribution in [2.45, 2.75) is 25.3 Å². The van der Waals surface area contributed by atoms with Gasteiger partial charge in [-0.25, -0.2) is 4.98 Å². The molecular weight excluding hydrogens is 304 g/mol. The lowest BCUT2D eigenvalue weighted by atomic mass is 9.95. The molecule has 1 aliphatic rings. The minimum atomic E-state index is -0.918. The fraction of sp³-hybridized carbons (Fsp3) is 0.429. The average molecular weight is 320 g/mol. The van der Waals surface area contributed by atoms with Crippen molar-refractivity contribution in [2.24, 2.45) is 0 Å². The first-order valence-corrected chi connectivity index (χ1v) is 8.00. The summed E-state index contributed by atoms with van der Waals surface area (Å²) in [5, 5.41) is 14.9. The van der Waals surface area contributed by atoms with Gasteiger partial charge in [-0.15, -0.1) is 11.3 Å². The van der Waals surface area contributed by atoms with E-state index >= 15 is 0 Å². The molecular formula is C14H16N4O3S. The van der Waals surface area contributed by atoms with Crippen molar-refractivity contribution >= 4 is 23.2 Å². The lowest BCUT2D eigenvalue weighted by Crippen LogP contribution is -2.39. The molecule has 1 N–H and O–H groups in total. The van der Waals surface area contributed by atoms with Crippen LogP contribution in [0, 0.1) is 0 Å². The maximum absolute atomic E-state index is 12.4. The summed E-state index contributed by atoms with van der Waals surface area (Å²) in [6.07, 6.45) is 3.53. The fourth-order valence-electron chi connectivity index (χ4n) is 2.70. The van der Waals surface area contributed by atoms with Crippen LogP contribution in [0.15, 0.2) is 23.2 Å². The quantitative estimate of drug-likeness (QED) is 0.921. The van der Waals surface area contributed by atoms with E-state index in [4.69, 9.17) is 5.11 Å². The normalized spacial score (nSPS) is 18.4. The Morgan fingerprint density at radius 1 is 1.45 bits per heavy atom. The number of hydrogen-bond donors (Lipinski definition) is 1. The second-order valence-electron chi connectivity index (χ2n) is 5.30. The molecule has 7 nitrogen and oxygen atoms in total. The molecule has 1 atom stereocenters. The number of carbonyl (C=O) groups excluding carboxylic acids is 1. The van der Waals surface area contributed by atoms with E-state index in [1.807, 2.05) is 6.07 Å². The summed E-state index contributed by atoms with van der Waals surface area (Å²) >= 11 is 1.41. The Labute approximate surface area is 131 Å². The molecule has 116 valence electrons. The van der Waals surface area contributed by atoms with E-state index in [1.165, 1.54) is 16.0 Å². The van der Waals surface area contributed by atoms with Gasteiger partial charge < -0.3 is 10.0 Å². The topological polar surface area (TPSA) is 88.3 Å². The third kappa shape index (κ3) is 3.16. The first-order valence-electron chi connectivity index (χ1n) is 7.06. The molecule has 0 bridgehead atoms. The number of hydrogen-bond acceptors (Lipinski definition) is 5. The van der Waals surface area contributed by atoms with E-state index in [9.17, 15) is 9.59 Å². The summed E-state index contributed by atoms with van der Waals surface area (Å²) < 4.78 is 1.42. The van der Waals surface area contributed by atoms with Crippen LogP contribution in [0.4, 0.5) is 0 Å². The third-order valence-corrected chi connectivity index (χ3v) is 4.32. The summed E-state index contributed by atoms with van der Waals surface area (Å²) in [5.74, 6) is -0.819. The molecule has 3 rings (SSSR count). The number of rotatable bonds is 4. The minimum absolute atomic E-state index is 0.0454. The van der Waals surface area contributed by atoms with Gasteiger partial charge in [-0.3, -0.25) is 14.3 Å². The van der Waals surface area contributed by atoms with E-state index in [0.717, 1.165) is 25.1 Å². The van der Waals surface area contributed by atoms with Crippen LogP contribution >= 0.6 is 11.3 Å². The average Bonchev–Trinajstić information content (AvgIpc) is 3.17. The maximum atomic E-state index is 12.4. The zero-order valence-corrected chi connectivity index (χ0v) is 12.7. The van der Waals surface area contributed by atoms with Crippen molar-refractivity contribution < 1.29 is 14.7 Å². The molecule has 2 aromatic heterocycles. The van der Waals surface area contributed by atoms with Gasteiger partial charge in [0.1, 0.15) is 12.2 Å². The molecule has 1 fully saturated rings. The van der Waals surface area contributed by atoms with E-state index in [-0.39, 0.29) is 18.4 Å². The fourth-order valence-corrected chi connectivity index (χ4v) is 3.23. The van der Waals surface area contributed by atoms with Gasteiger partial charge in [0.05, 0.1) is 11.2 Å². The number of aliphatic carboxylic acids is 1. The molecule has 0 aromatic carbocycles. The zero-order valence-electron chi connectivity index (χ0n) is 11.9. The number of carboxylic acid groups (broad SMARTS) is 1. The first-order chi connectivity index (χ1) is 10.6. The Kier molecular flexibility index (Phi) is 4.19. The number of thiazole rings is 1. The van der Waals surface area contributed by atoms with E-state index in [0.29, 0.717) is 12.2 Å². The number of carbonyl (C=O) groups is 2. The number of likely N-dealkylation sites (tertiary alicyclic amines) is 1. The molecule has 0 aliphatic carbocycles. The monoisotopic (exact) mass is 320 g/mol. The van der Waals surface area contributed by atoms with Gasteiger partial charge in [-0.05, 0) is 18.9 Å². The van der Waals surface area contributed by atoms with Gasteiger partial charge in [-0.1, -0.05) is 0 Å². The molecule has 22 heavy (non-hydrogen) atoms.